The smallest absolute Gasteiger partial charge is 0.0533 e. The van der Waals surface area contributed by atoms with Gasteiger partial charge in [-0.1, -0.05) is 176 Å². The lowest BCUT2D eigenvalue weighted by Gasteiger charge is -2.05. The molecule has 0 saturated heterocycles. The fourth-order valence-corrected chi connectivity index (χ4v) is 4.24. The number of rotatable bonds is 0. The summed E-state index contributed by atoms with van der Waals surface area (Å²) in [6.45, 7) is 0. The zero-order chi connectivity index (χ0) is 17.0. The monoisotopic (exact) mass is 384 g/mol. The van der Waals surface area contributed by atoms with Gasteiger partial charge in [0.05, 0.1) is 0 Å². The van der Waals surface area contributed by atoms with Gasteiger partial charge in [-0.3, -0.25) is 0 Å². The largest absolute Gasteiger partial charge is 0.0776 e. The van der Waals surface area contributed by atoms with Crippen molar-refractivity contribution in [2.75, 3.05) is 0 Å². The average molecular weight is 385 g/mol. The molecular formula is C27H60. The second kappa shape index (κ2) is 28.2. The Balaban J connectivity index is -0.000000274. The van der Waals surface area contributed by atoms with E-state index in [4.69, 9.17) is 0 Å². The van der Waals surface area contributed by atoms with Crippen LogP contribution >= 0.6 is 0 Å². The van der Waals surface area contributed by atoms with Crippen molar-refractivity contribution in [2.45, 2.75) is 176 Å². The molecule has 4 rings (SSSR count). The van der Waals surface area contributed by atoms with E-state index in [2.05, 4.69) is 0 Å². The second-order valence-electron chi connectivity index (χ2n) is 8.49. The lowest BCUT2D eigenvalue weighted by atomic mass is 10.0. The van der Waals surface area contributed by atoms with Gasteiger partial charge >= 0.3 is 0 Å². The van der Waals surface area contributed by atoms with Crippen LogP contribution in [0.4, 0.5) is 0 Å². The zero-order valence-electron chi connectivity index (χ0n) is 17.0. The van der Waals surface area contributed by atoms with Crippen LogP contribution in [0.25, 0.3) is 0 Å². The molecule has 168 valence electrons. The third-order valence-electron chi connectivity index (χ3n) is 6.00. The molecule has 0 unspecified atom stereocenters. The summed E-state index contributed by atoms with van der Waals surface area (Å²) >= 11 is 0. The van der Waals surface area contributed by atoms with Crippen molar-refractivity contribution in [3.8, 4) is 0 Å². The van der Waals surface area contributed by atoms with Crippen molar-refractivity contribution in [1.29, 1.82) is 0 Å². The molecular weight excluding hydrogens is 324 g/mol. The van der Waals surface area contributed by atoms with Crippen LogP contribution in [0, 0.1) is 0 Å². The molecule has 4 aliphatic rings. The molecule has 0 heteroatoms. The van der Waals surface area contributed by atoms with Crippen LogP contribution in [-0.4, -0.2) is 0 Å². The third kappa shape index (κ3) is 26.0. The minimum atomic E-state index is 0. The quantitative estimate of drug-likeness (QED) is 0.389. The van der Waals surface area contributed by atoms with E-state index in [1.807, 2.05) is 0 Å². The van der Waals surface area contributed by atoms with Gasteiger partial charge in [-0.15, -0.1) is 0 Å². The van der Waals surface area contributed by atoms with Gasteiger partial charge < -0.3 is 0 Å². The molecule has 0 aromatic heterocycles. The molecule has 0 heterocycles. The van der Waals surface area contributed by atoms with E-state index in [9.17, 15) is 0 Å². The molecule has 0 aromatic carbocycles. The first kappa shape index (κ1) is 31.7. The van der Waals surface area contributed by atoms with Crippen molar-refractivity contribution in [1.82, 2.24) is 0 Å². The molecule has 0 nitrogen and oxygen atoms in total. The number of hydrogen-bond donors (Lipinski definition) is 0. The van der Waals surface area contributed by atoms with Crippen LogP contribution in [0.15, 0.2) is 0 Å². The first-order chi connectivity index (χ1) is 12.0. The molecule has 0 radical (unpaired) electrons. The van der Waals surface area contributed by atoms with Crippen LogP contribution < -0.4 is 0 Å². The van der Waals surface area contributed by atoms with Gasteiger partial charge in [0, 0.05) is 0 Å². The fraction of sp³-hybridized carbons (Fsp3) is 1.00. The van der Waals surface area contributed by atoms with Gasteiger partial charge in [-0.2, -0.15) is 0 Å². The summed E-state index contributed by atoms with van der Waals surface area (Å²) in [6.07, 6.45) is 36.0. The molecule has 0 spiro atoms. The van der Waals surface area contributed by atoms with E-state index in [1.54, 1.807) is 0 Å². The van der Waals surface area contributed by atoms with E-state index in [-0.39, 0.29) is 22.3 Å². The summed E-state index contributed by atoms with van der Waals surface area (Å²) < 4.78 is 0. The molecule has 4 aliphatic carbocycles. The highest BCUT2D eigenvalue weighted by atomic mass is 14.0. The highest BCUT2D eigenvalue weighted by molar-refractivity contribution is 4.52. The van der Waals surface area contributed by atoms with Crippen LogP contribution in [0.2, 0.25) is 0 Å². The van der Waals surface area contributed by atoms with Crippen molar-refractivity contribution in [3.05, 3.63) is 0 Å². The average Bonchev–Trinajstić information content (AvgIpc) is 2.75. The molecule has 0 aromatic rings. The molecule has 0 atom stereocenters. The van der Waals surface area contributed by atoms with Gasteiger partial charge in [-0.25, -0.2) is 0 Å². The van der Waals surface area contributed by atoms with Crippen molar-refractivity contribution >= 4 is 0 Å². The lowest BCUT2D eigenvalue weighted by Crippen LogP contribution is -1.85. The Kier molecular flexibility index (Phi) is 33.1. The first-order valence-electron chi connectivity index (χ1n) is 12.0. The Bertz CT molecular complexity index is 110. The lowest BCUT2D eigenvalue weighted by molar-refractivity contribution is 0.504. The van der Waals surface area contributed by atoms with Crippen LogP contribution in [0.3, 0.4) is 0 Å². The summed E-state index contributed by atoms with van der Waals surface area (Å²) in [4.78, 5) is 0. The molecule has 4 fully saturated rings. The normalized spacial score (nSPS) is 21.3. The third-order valence-corrected chi connectivity index (χ3v) is 6.00. The Morgan fingerprint density at radius 3 is 0.185 bits per heavy atom. The summed E-state index contributed by atoms with van der Waals surface area (Å²) in [6, 6.07) is 0. The van der Waals surface area contributed by atoms with E-state index in [0.717, 1.165) is 0 Å². The van der Waals surface area contributed by atoms with E-state index in [0.29, 0.717) is 0 Å². The van der Waals surface area contributed by atoms with E-state index in [1.165, 1.54) is 154 Å². The van der Waals surface area contributed by atoms with Crippen molar-refractivity contribution < 1.29 is 0 Å². The SMILES string of the molecule is C.C.C.C1CCCCC1.C1CCCCC1.C1CCCCC1.C1CCCCC1. The Labute approximate surface area is 176 Å². The molecule has 4 saturated carbocycles. The Morgan fingerprint density at radius 2 is 0.148 bits per heavy atom. The van der Waals surface area contributed by atoms with E-state index < -0.39 is 0 Å². The van der Waals surface area contributed by atoms with Crippen molar-refractivity contribution in [3.63, 3.8) is 0 Å². The van der Waals surface area contributed by atoms with Gasteiger partial charge in [0.15, 0.2) is 0 Å². The minimum absolute atomic E-state index is 0. The zero-order valence-corrected chi connectivity index (χ0v) is 17.0. The first-order valence-corrected chi connectivity index (χ1v) is 12.0. The maximum Gasteiger partial charge on any atom is -0.0533 e. The predicted octanol–water partition coefficient (Wildman–Crippen LogP) is 11.3. The standard InChI is InChI=1S/4C6H12.3CH4/c4*1-2-4-6-5-3-1;;;/h4*1-6H2;3*1H4. The summed E-state index contributed by atoms with van der Waals surface area (Å²) in [7, 11) is 0. The van der Waals surface area contributed by atoms with Gasteiger partial charge in [0.2, 0.25) is 0 Å². The van der Waals surface area contributed by atoms with Crippen molar-refractivity contribution in [2.24, 2.45) is 0 Å². The molecule has 0 amide bonds. The highest BCUT2D eigenvalue weighted by Crippen LogP contribution is 2.17. The Morgan fingerprint density at radius 1 is 0.111 bits per heavy atom. The summed E-state index contributed by atoms with van der Waals surface area (Å²) in [5.41, 5.74) is 0. The topological polar surface area (TPSA) is 0 Å². The molecule has 0 aliphatic heterocycles. The number of hydrogen-bond acceptors (Lipinski definition) is 0. The fourth-order valence-electron chi connectivity index (χ4n) is 4.24. The van der Waals surface area contributed by atoms with Gasteiger partial charge in [0.25, 0.3) is 0 Å². The van der Waals surface area contributed by atoms with Crippen LogP contribution in [0.5, 0.6) is 0 Å². The Hall–Kier alpha value is 0. The maximum absolute atomic E-state index is 1.50. The minimum Gasteiger partial charge on any atom is -0.0776 e. The predicted molar refractivity (Wildman–Crippen MR) is 131 cm³/mol. The van der Waals surface area contributed by atoms with Crippen LogP contribution in [-0.2, 0) is 0 Å². The van der Waals surface area contributed by atoms with Gasteiger partial charge in [-0.05, 0) is 0 Å². The van der Waals surface area contributed by atoms with E-state index >= 15 is 0 Å². The van der Waals surface area contributed by atoms with Gasteiger partial charge in [0.1, 0.15) is 0 Å². The summed E-state index contributed by atoms with van der Waals surface area (Å²) in [5.74, 6) is 0. The molecule has 27 heavy (non-hydrogen) atoms. The summed E-state index contributed by atoms with van der Waals surface area (Å²) in [5, 5.41) is 0. The second-order valence-corrected chi connectivity index (χ2v) is 8.49. The van der Waals surface area contributed by atoms with Crippen LogP contribution in [0.1, 0.15) is 176 Å². The molecule has 0 N–H and O–H groups in total. The highest BCUT2D eigenvalue weighted by Gasteiger charge is 1.97. The maximum atomic E-state index is 1.50. The molecule has 0 bridgehead atoms.